The monoisotopic (exact) mass is 1000 g/mol. The maximum Gasteiger partial charge on any atom is 0.407 e. The lowest BCUT2D eigenvalue weighted by molar-refractivity contribution is -0.152. The first kappa shape index (κ1) is 49.3. The molecule has 9 rings (SSSR count). The van der Waals surface area contributed by atoms with Gasteiger partial charge in [-0.2, -0.15) is 8.78 Å². The smallest absolute Gasteiger partial charge is 0.407 e. The summed E-state index contributed by atoms with van der Waals surface area (Å²) < 4.78 is 57.4. The Morgan fingerprint density at radius 1 is 0.746 bits per heavy atom. The molecule has 0 saturated heterocycles. The Morgan fingerprint density at radius 2 is 1.32 bits per heavy atom. The largest absolute Gasteiger partial charge is 0.489 e. The van der Waals surface area contributed by atoms with Gasteiger partial charge in [-0.15, -0.1) is 0 Å². The molecule has 1 unspecified atom stereocenters. The third-order valence-corrected chi connectivity index (χ3v) is 13.7. The number of alkyl halides is 2. The molecule has 71 heavy (non-hydrogen) atoms. The first-order valence-electron chi connectivity index (χ1n) is 23.6. The zero-order valence-corrected chi connectivity index (χ0v) is 40.0. The number of benzene rings is 6. The van der Waals surface area contributed by atoms with Crippen molar-refractivity contribution < 1.29 is 47.2 Å². The number of ether oxygens (including phenoxy) is 5. The van der Waals surface area contributed by atoms with Gasteiger partial charge in [-0.1, -0.05) is 169 Å². The molecule has 0 aromatic heterocycles. The fourth-order valence-electron chi connectivity index (χ4n) is 9.26. The predicted molar refractivity (Wildman–Crippen MR) is 267 cm³/mol. The standard InChI is InChI=1S/C57H52Cl2F2N2O8/c58-47-33-62-53(64)52(59)45(47)32-50(37-28-29-49(71-55(60)61)51(31-37)67-34-36-26-27-36)70-54(65)48(63-56(66)68-35-46-43-23-12-10-21-41(43)42-22-11-13-24-44(42)46)25-14-30-69-57(38-15-4-1-5-16-38,39-17-6-2-7-18-39)40-19-8-3-9-20-40/h1-13,15-24,28-29,31,33,36,46,48,50,53,55,62,64H,14,25-27,30,32,34-35H2,(H,63,66)/t48-,50?,53+/m1/s1. The number of hydrogen-bond donors (Lipinski definition) is 3. The summed E-state index contributed by atoms with van der Waals surface area (Å²) in [6.45, 7) is -2.75. The molecule has 3 N–H and O–H groups in total. The van der Waals surface area contributed by atoms with Crippen LogP contribution in [0.15, 0.2) is 180 Å². The van der Waals surface area contributed by atoms with Crippen molar-refractivity contribution >= 4 is 35.3 Å². The third kappa shape index (κ3) is 11.4. The Kier molecular flexibility index (Phi) is 15.7. The number of dihydropyridines is 1. The molecule has 1 aliphatic heterocycles. The minimum absolute atomic E-state index is 0.00830. The fourth-order valence-corrected chi connectivity index (χ4v) is 9.79. The highest BCUT2D eigenvalue weighted by atomic mass is 35.5. The van der Waals surface area contributed by atoms with E-state index in [-0.39, 0.29) is 78.1 Å². The number of aliphatic hydroxyl groups is 1. The molecule has 1 saturated carbocycles. The van der Waals surface area contributed by atoms with E-state index in [1.807, 2.05) is 140 Å². The van der Waals surface area contributed by atoms with Gasteiger partial charge < -0.3 is 39.4 Å². The van der Waals surface area contributed by atoms with Crippen LogP contribution in [0, 0.1) is 5.92 Å². The zero-order valence-electron chi connectivity index (χ0n) is 38.5. The minimum atomic E-state index is -3.13. The lowest BCUT2D eigenvalue weighted by Gasteiger charge is -2.36. The Labute approximate surface area is 421 Å². The van der Waals surface area contributed by atoms with Crippen molar-refractivity contribution in [1.82, 2.24) is 10.6 Å². The molecule has 0 radical (unpaired) electrons. The van der Waals surface area contributed by atoms with Crippen molar-refractivity contribution in [3.63, 3.8) is 0 Å². The SMILES string of the molecule is O=C(N[C@H](CCCOC(c1ccccc1)(c1ccccc1)c1ccccc1)C(=O)OC(CC1=C(Cl)[C@H](O)NC=C1Cl)c1ccc(OC(F)F)c(OCC2CC2)c1)OCC1c2ccccc2-c2ccccc21. The number of nitrogens with one attached hydrogen (secondary N) is 2. The van der Waals surface area contributed by atoms with Gasteiger partial charge in [0.25, 0.3) is 0 Å². The average molecular weight is 1000 g/mol. The van der Waals surface area contributed by atoms with Crippen LogP contribution in [0.4, 0.5) is 13.6 Å². The van der Waals surface area contributed by atoms with Crippen molar-refractivity contribution in [2.24, 2.45) is 5.92 Å². The second-order valence-electron chi connectivity index (χ2n) is 17.6. The number of esters is 1. The van der Waals surface area contributed by atoms with Gasteiger partial charge in [0.15, 0.2) is 17.7 Å². The number of carbonyl (C=O) groups is 2. The van der Waals surface area contributed by atoms with E-state index in [2.05, 4.69) is 10.6 Å². The van der Waals surface area contributed by atoms with E-state index in [9.17, 15) is 23.5 Å². The second-order valence-corrected chi connectivity index (χ2v) is 18.5. The van der Waals surface area contributed by atoms with E-state index >= 15 is 0 Å². The van der Waals surface area contributed by atoms with E-state index in [0.29, 0.717) is 5.56 Å². The Morgan fingerprint density at radius 3 is 1.90 bits per heavy atom. The maximum absolute atomic E-state index is 14.8. The molecular formula is C57H52Cl2F2N2O8. The van der Waals surface area contributed by atoms with Crippen LogP contribution in [-0.2, 0) is 24.6 Å². The predicted octanol–water partition coefficient (Wildman–Crippen LogP) is 12.2. The van der Waals surface area contributed by atoms with Gasteiger partial charge in [0.05, 0.1) is 16.7 Å². The summed E-state index contributed by atoms with van der Waals surface area (Å²) >= 11 is 13.3. The number of halogens is 4. The van der Waals surface area contributed by atoms with Gasteiger partial charge in [0, 0.05) is 25.1 Å². The molecule has 1 amide bonds. The number of amides is 1. The number of carbonyl (C=O) groups excluding carboxylic acids is 2. The Hall–Kier alpha value is -6.70. The highest BCUT2D eigenvalue weighted by Gasteiger charge is 2.38. The number of alkyl carbamates (subject to hydrolysis) is 1. The topological polar surface area (TPSA) is 125 Å². The third-order valence-electron chi connectivity index (χ3n) is 13.0. The number of rotatable bonds is 21. The number of aliphatic hydroxyl groups excluding tert-OH is 1. The molecule has 14 heteroatoms. The van der Waals surface area contributed by atoms with Gasteiger partial charge >= 0.3 is 18.7 Å². The highest BCUT2D eigenvalue weighted by molar-refractivity contribution is 6.36. The van der Waals surface area contributed by atoms with Gasteiger partial charge in [-0.05, 0) is 93.8 Å². The van der Waals surface area contributed by atoms with Gasteiger partial charge in [-0.3, -0.25) is 0 Å². The van der Waals surface area contributed by atoms with Crippen molar-refractivity contribution in [1.29, 1.82) is 0 Å². The molecule has 366 valence electrons. The van der Waals surface area contributed by atoms with Gasteiger partial charge in [0.1, 0.15) is 24.4 Å². The molecular weight excluding hydrogens is 950 g/mol. The first-order chi connectivity index (χ1) is 34.6. The summed E-state index contributed by atoms with van der Waals surface area (Å²) in [7, 11) is 0. The van der Waals surface area contributed by atoms with Crippen molar-refractivity contribution in [3.05, 3.63) is 213 Å². The van der Waals surface area contributed by atoms with E-state index in [1.165, 1.54) is 24.4 Å². The lowest BCUT2D eigenvalue weighted by atomic mass is 9.80. The Bertz CT molecular complexity index is 2720. The molecule has 2 aliphatic carbocycles. The van der Waals surface area contributed by atoms with E-state index in [0.717, 1.165) is 51.8 Å². The zero-order chi connectivity index (χ0) is 49.3. The summed E-state index contributed by atoms with van der Waals surface area (Å²) in [5, 5.41) is 16.2. The van der Waals surface area contributed by atoms with Crippen LogP contribution in [-0.4, -0.2) is 55.9 Å². The first-order valence-corrected chi connectivity index (χ1v) is 24.4. The number of allylic oxidation sites excluding steroid dienone is 1. The molecule has 0 bridgehead atoms. The number of fused-ring (bicyclic) bond motifs is 3. The molecule has 10 nitrogen and oxygen atoms in total. The van der Waals surface area contributed by atoms with Crippen LogP contribution in [0.3, 0.4) is 0 Å². The van der Waals surface area contributed by atoms with Crippen LogP contribution in [0.2, 0.25) is 0 Å². The molecule has 3 atom stereocenters. The average Bonchev–Trinajstić information content (AvgIpc) is 4.18. The minimum Gasteiger partial charge on any atom is -0.489 e. The van der Waals surface area contributed by atoms with E-state index in [1.54, 1.807) is 0 Å². The van der Waals surface area contributed by atoms with Crippen molar-refractivity contribution in [2.45, 2.75) is 68.6 Å². The molecule has 6 aromatic carbocycles. The normalized spacial score (nSPS) is 16.3. The summed E-state index contributed by atoms with van der Waals surface area (Å²) in [4.78, 5) is 28.9. The van der Waals surface area contributed by atoms with Crippen LogP contribution in [0.5, 0.6) is 11.5 Å². The van der Waals surface area contributed by atoms with Crippen molar-refractivity contribution in [2.75, 3.05) is 19.8 Å². The summed E-state index contributed by atoms with van der Waals surface area (Å²) in [6, 6.07) is 48.6. The molecule has 0 spiro atoms. The summed E-state index contributed by atoms with van der Waals surface area (Å²) in [5.41, 5.74) is 6.36. The molecule has 6 aromatic rings. The molecule has 1 fully saturated rings. The number of hydrogen-bond acceptors (Lipinski definition) is 9. The van der Waals surface area contributed by atoms with Crippen LogP contribution in [0.25, 0.3) is 11.1 Å². The van der Waals surface area contributed by atoms with Crippen LogP contribution in [0.1, 0.15) is 77.5 Å². The van der Waals surface area contributed by atoms with Crippen molar-refractivity contribution in [3.8, 4) is 22.6 Å². The van der Waals surface area contributed by atoms with E-state index in [4.69, 9.17) is 46.9 Å². The Balaban J connectivity index is 1.01. The van der Waals surface area contributed by atoms with Gasteiger partial charge in [0.2, 0.25) is 0 Å². The second kappa shape index (κ2) is 22.6. The molecule has 1 heterocycles. The fraction of sp³-hybridized carbons (Fsp3) is 0.263. The highest BCUT2D eigenvalue weighted by Crippen LogP contribution is 2.45. The lowest BCUT2D eigenvalue weighted by Crippen LogP contribution is -2.43. The summed E-state index contributed by atoms with van der Waals surface area (Å²) in [5.74, 6) is -1.00. The summed E-state index contributed by atoms with van der Waals surface area (Å²) in [6.07, 6.45) is 0.0261. The van der Waals surface area contributed by atoms with Gasteiger partial charge in [-0.25, -0.2) is 9.59 Å². The maximum atomic E-state index is 14.8. The van der Waals surface area contributed by atoms with Crippen LogP contribution < -0.4 is 20.1 Å². The van der Waals surface area contributed by atoms with E-state index < -0.39 is 42.6 Å². The molecule has 3 aliphatic rings. The quantitative estimate of drug-likeness (QED) is 0.0367. The van der Waals surface area contributed by atoms with Crippen LogP contribution >= 0.6 is 23.2 Å².